The summed E-state index contributed by atoms with van der Waals surface area (Å²) in [5.74, 6) is 0.534. The van der Waals surface area contributed by atoms with Crippen LogP contribution in [0.15, 0.2) is 109 Å². The van der Waals surface area contributed by atoms with Gasteiger partial charge in [0.25, 0.3) is 0 Å². The molecule has 41 heavy (non-hydrogen) atoms. The van der Waals surface area contributed by atoms with Gasteiger partial charge in [0.15, 0.2) is 0 Å². The minimum absolute atomic E-state index is 0.241. The summed E-state index contributed by atoms with van der Waals surface area (Å²) >= 11 is 0. The maximum absolute atomic E-state index is 12.6. The number of carbonyl (C=O) groups is 2. The fraction of sp³-hybridized carbons (Fsp3) is 0.176. The van der Waals surface area contributed by atoms with Crippen LogP contribution in [0.3, 0.4) is 0 Å². The van der Waals surface area contributed by atoms with E-state index in [2.05, 4.69) is 19.7 Å². The summed E-state index contributed by atoms with van der Waals surface area (Å²) in [5.41, 5.74) is 3.72. The average molecular weight is 555 g/mol. The monoisotopic (exact) mass is 554 g/mol. The van der Waals surface area contributed by atoms with Crippen molar-refractivity contribution >= 4 is 11.9 Å². The van der Waals surface area contributed by atoms with Gasteiger partial charge >= 0.3 is 11.9 Å². The van der Waals surface area contributed by atoms with Gasteiger partial charge in [-0.05, 0) is 80.8 Å². The molecule has 0 aliphatic heterocycles. The van der Waals surface area contributed by atoms with Gasteiger partial charge in [0.05, 0.1) is 0 Å². The third-order valence-electron chi connectivity index (χ3n) is 5.76. The van der Waals surface area contributed by atoms with Gasteiger partial charge in [0.1, 0.15) is 29.6 Å². The number of hydrogen-bond acceptors (Lipinski definition) is 7. The fourth-order valence-electron chi connectivity index (χ4n) is 3.48. The first-order valence-corrected chi connectivity index (χ1v) is 12.9. The van der Waals surface area contributed by atoms with Crippen molar-refractivity contribution in [1.29, 1.82) is 0 Å². The second-order valence-electron chi connectivity index (χ2n) is 9.43. The lowest BCUT2D eigenvalue weighted by atomic mass is 9.97. The van der Waals surface area contributed by atoms with Crippen molar-refractivity contribution in [3.05, 3.63) is 109 Å². The predicted octanol–water partition coefficient (Wildman–Crippen LogP) is 7.21. The van der Waals surface area contributed by atoms with E-state index in [1.807, 2.05) is 31.2 Å². The molecule has 0 radical (unpaired) electrons. The summed E-state index contributed by atoms with van der Waals surface area (Å²) in [7, 11) is 0. The van der Waals surface area contributed by atoms with Crippen molar-refractivity contribution < 1.29 is 33.6 Å². The van der Waals surface area contributed by atoms with Crippen molar-refractivity contribution in [2.75, 3.05) is 6.61 Å². The summed E-state index contributed by atoms with van der Waals surface area (Å²) in [6.45, 7) is 18.0. The lowest BCUT2D eigenvalue weighted by molar-refractivity contribution is -0.130. The second kappa shape index (κ2) is 14.0. The number of ether oxygens (including phenoxy) is 4. The number of carbonyl (C=O) groups excluding carboxylic acids is 2. The van der Waals surface area contributed by atoms with Crippen LogP contribution in [-0.2, 0) is 9.59 Å². The standard InChI is InChI=1S/C34H34O7/c1-8-9-18-38-30-19-29(25-12-16-27(17-13-25)40-33(36)22(4)5)31(41-34(37)23(6)7)20-28(30)24-10-14-26(15-11-24)39-32(35)21(2)3/h8-17,19-20,32,35H,2,4,6,18H2,1,3,5,7H3/b9-8+. The van der Waals surface area contributed by atoms with Crippen molar-refractivity contribution in [2.45, 2.75) is 34.0 Å². The van der Waals surface area contributed by atoms with Crippen LogP contribution in [0.4, 0.5) is 0 Å². The number of benzene rings is 3. The smallest absolute Gasteiger partial charge is 0.338 e. The molecule has 0 aromatic heterocycles. The van der Waals surface area contributed by atoms with E-state index < -0.39 is 18.2 Å². The maximum atomic E-state index is 12.6. The van der Waals surface area contributed by atoms with Gasteiger partial charge in [0.2, 0.25) is 6.29 Å². The van der Waals surface area contributed by atoms with Gasteiger partial charge in [-0.3, -0.25) is 0 Å². The van der Waals surface area contributed by atoms with Gasteiger partial charge in [0, 0.05) is 22.3 Å². The molecule has 3 aromatic carbocycles. The molecule has 0 saturated carbocycles. The Kier molecular flexibility index (Phi) is 10.4. The highest BCUT2D eigenvalue weighted by molar-refractivity contribution is 5.92. The largest absolute Gasteiger partial charge is 0.489 e. The Hall–Kier alpha value is -4.88. The maximum Gasteiger partial charge on any atom is 0.338 e. The average Bonchev–Trinajstić information content (AvgIpc) is 2.94. The van der Waals surface area contributed by atoms with E-state index in [1.54, 1.807) is 69.3 Å². The van der Waals surface area contributed by atoms with Crippen LogP contribution in [0.2, 0.25) is 0 Å². The second-order valence-corrected chi connectivity index (χ2v) is 9.43. The topological polar surface area (TPSA) is 91.3 Å². The van der Waals surface area contributed by atoms with Crippen LogP contribution in [0, 0.1) is 0 Å². The molecule has 0 spiro atoms. The Bertz CT molecular complexity index is 1480. The first-order chi connectivity index (χ1) is 19.5. The van der Waals surface area contributed by atoms with E-state index >= 15 is 0 Å². The van der Waals surface area contributed by atoms with E-state index in [0.717, 1.165) is 5.56 Å². The third-order valence-corrected chi connectivity index (χ3v) is 5.76. The first-order valence-electron chi connectivity index (χ1n) is 12.9. The van der Waals surface area contributed by atoms with Crippen LogP contribution in [-0.4, -0.2) is 29.9 Å². The Balaban J connectivity index is 2.11. The third kappa shape index (κ3) is 8.30. The van der Waals surface area contributed by atoms with Crippen molar-refractivity contribution in [3.8, 4) is 45.3 Å². The molecular formula is C34H34O7. The SMILES string of the molecule is C=C(C)C(=O)Oc1ccc(-c2cc(OC/C=C/C)c(-c3ccc(OC(O)C(=C)C)cc3)cc2OC(=O)C(=C)C)cc1. The zero-order valence-electron chi connectivity index (χ0n) is 23.7. The van der Waals surface area contributed by atoms with Crippen molar-refractivity contribution in [3.63, 3.8) is 0 Å². The Morgan fingerprint density at radius 3 is 1.78 bits per heavy atom. The lowest BCUT2D eigenvalue weighted by Crippen LogP contribution is -2.15. The summed E-state index contributed by atoms with van der Waals surface area (Å²) < 4.78 is 22.7. The molecule has 0 bridgehead atoms. The summed E-state index contributed by atoms with van der Waals surface area (Å²) in [5, 5.41) is 9.99. The highest BCUT2D eigenvalue weighted by atomic mass is 16.6. The Morgan fingerprint density at radius 2 is 1.27 bits per heavy atom. The van der Waals surface area contributed by atoms with E-state index in [4.69, 9.17) is 18.9 Å². The fourth-order valence-corrected chi connectivity index (χ4v) is 3.48. The molecule has 212 valence electrons. The van der Waals surface area contributed by atoms with Gasteiger partial charge in [-0.2, -0.15) is 0 Å². The van der Waals surface area contributed by atoms with Gasteiger partial charge < -0.3 is 24.1 Å². The highest BCUT2D eigenvalue weighted by Gasteiger charge is 2.19. The quantitative estimate of drug-likeness (QED) is 0.0831. The minimum Gasteiger partial charge on any atom is -0.489 e. The first kappa shape index (κ1) is 30.7. The van der Waals surface area contributed by atoms with Crippen molar-refractivity contribution in [2.24, 2.45) is 0 Å². The molecule has 7 nitrogen and oxygen atoms in total. The summed E-state index contributed by atoms with van der Waals surface area (Å²) in [6.07, 6.45) is 2.64. The Labute approximate surface area is 240 Å². The zero-order valence-corrected chi connectivity index (χ0v) is 23.7. The molecule has 3 rings (SSSR count). The molecule has 0 amide bonds. The molecule has 1 N–H and O–H groups in total. The number of aliphatic hydroxyl groups excluding tert-OH is 1. The van der Waals surface area contributed by atoms with Crippen LogP contribution in [0.5, 0.6) is 23.0 Å². The molecule has 0 aliphatic rings. The molecule has 1 atom stereocenters. The normalized spacial score (nSPS) is 11.4. The van der Waals surface area contributed by atoms with Crippen LogP contribution < -0.4 is 18.9 Å². The van der Waals surface area contributed by atoms with Crippen LogP contribution >= 0.6 is 0 Å². The van der Waals surface area contributed by atoms with Crippen LogP contribution in [0.1, 0.15) is 27.7 Å². The van der Waals surface area contributed by atoms with Crippen LogP contribution in [0.25, 0.3) is 22.3 Å². The Morgan fingerprint density at radius 1 is 0.780 bits per heavy atom. The molecule has 0 aliphatic carbocycles. The molecule has 1 unspecified atom stereocenters. The predicted molar refractivity (Wildman–Crippen MR) is 160 cm³/mol. The van der Waals surface area contributed by atoms with Gasteiger partial charge in [-0.1, -0.05) is 56.2 Å². The van der Waals surface area contributed by atoms with E-state index in [0.29, 0.717) is 46.1 Å². The van der Waals surface area contributed by atoms with E-state index in [9.17, 15) is 14.7 Å². The molecule has 0 fully saturated rings. The molecule has 7 heteroatoms. The molecule has 3 aromatic rings. The molecule has 0 saturated heterocycles. The molecular weight excluding hydrogens is 520 g/mol. The number of aliphatic hydroxyl groups is 1. The minimum atomic E-state index is -1.12. The summed E-state index contributed by atoms with van der Waals surface area (Å²) in [6, 6.07) is 17.4. The zero-order chi connectivity index (χ0) is 30.1. The van der Waals surface area contributed by atoms with Gasteiger partial charge in [-0.15, -0.1) is 0 Å². The van der Waals surface area contributed by atoms with E-state index in [-0.39, 0.29) is 16.9 Å². The summed E-state index contributed by atoms with van der Waals surface area (Å²) in [4.78, 5) is 24.5. The number of esters is 2. The van der Waals surface area contributed by atoms with Gasteiger partial charge in [-0.25, -0.2) is 9.59 Å². The number of allylic oxidation sites excluding steroid dienone is 1. The lowest BCUT2D eigenvalue weighted by Gasteiger charge is -2.18. The van der Waals surface area contributed by atoms with Crippen molar-refractivity contribution in [1.82, 2.24) is 0 Å². The number of hydrogen-bond donors (Lipinski definition) is 1. The number of rotatable bonds is 12. The molecule has 0 heterocycles. The van der Waals surface area contributed by atoms with E-state index in [1.165, 1.54) is 0 Å². The highest BCUT2D eigenvalue weighted by Crippen LogP contribution is 2.42.